The second kappa shape index (κ2) is 8.18. The lowest BCUT2D eigenvalue weighted by Crippen LogP contribution is -2.41. The standard InChI is InChI=1S/C19H19ClFN3O3/c1-11(25)22-12-5-4-6-13(9-12)23-17(26)19(2,3)18(27)24-14-7-8-16(21)15(20)10-14/h4-10H,1-3H3,(H,22,25)(H,23,26)(H,24,27). The van der Waals surface area contributed by atoms with Crippen LogP contribution < -0.4 is 16.0 Å². The second-order valence-corrected chi connectivity index (χ2v) is 6.83. The summed E-state index contributed by atoms with van der Waals surface area (Å²) in [5, 5.41) is 7.67. The molecule has 27 heavy (non-hydrogen) atoms. The van der Waals surface area contributed by atoms with Crippen LogP contribution in [-0.2, 0) is 14.4 Å². The Hall–Kier alpha value is -2.93. The van der Waals surface area contributed by atoms with Gasteiger partial charge in [-0.25, -0.2) is 4.39 Å². The molecule has 0 spiro atoms. The van der Waals surface area contributed by atoms with Crippen molar-refractivity contribution >= 4 is 46.4 Å². The van der Waals surface area contributed by atoms with E-state index in [2.05, 4.69) is 16.0 Å². The monoisotopic (exact) mass is 391 g/mol. The smallest absolute Gasteiger partial charge is 0.239 e. The summed E-state index contributed by atoms with van der Waals surface area (Å²) in [6.45, 7) is 4.29. The molecule has 2 aromatic rings. The van der Waals surface area contributed by atoms with Gasteiger partial charge in [-0.1, -0.05) is 17.7 Å². The van der Waals surface area contributed by atoms with Gasteiger partial charge in [-0.05, 0) is 50.2 Å². The van der Waals surface area contributed by atoms with Crippen LogP contribution in [0.1, 0.15) is 20.8 Å². The summed E-state index contributed by atoms with van der Waals surface area (Å²) in [7, 11) is 0. The van der Waals surface area contributed by atoms with Crippen LogP contribution in [0, 0.1) is 11.2 Å². The third-order valence-corrected chi connectivity index (χ3v) is 4.04. The van der Waals surface area contributed by atoms with Crippen molar-refractivity contribution in [1.29, 1.82) is 0 Å². The number of benzene rings is 2. The molecule has 2 aromatic carbocycles. The van der Waals surface area contributed by atoms with Gasteiger partial charge in [0.05, 0.1) is 5.02 Å². The molecule has 2 rings (SSSR count). The molecule has 0 aliphatic rings. The molecule has 0 fully saturated rings. The van der Waals surface area contributed by atoms with E-state index in [-0.39, 0.29) is 16.6 Å². The van der Waals surface area contributed by atoms with Gasteiger partial charge < -0.3 is 16.0 Å². The van der Waals surface area contributed by atoms with Gasteiger partial charge >= 0.3 is 0 Å². The van der Waals surface area contributed by atoms with Gasteiger partial charge in [-0.3, -0.25) is 14.4 Å². The lowest BCUT2D eigenvalue weighted by Gasteiger charge is -2.23. The van der Waals surface area contributed by atoms with Gasteiger partial charge in [0.2, 0.25) is 17.7 Å². The van der Waals surface area contributed by atoms with E-state index in [4.69, 9.17) is 11.6 Å². The molecule has 0 atom stereocenters. The number of rotatable bonds is 5. The Morgan fingerprint density at radius 3 is 1.93 bits per heavy atom. The van der Waals surface area contributed by atoms with Crippen molar-refractivity contribution in [3.05, 3.63) is 53.3 Å². The average Bonchev–Trinajstić information content (AvgIpc) is 2.57. The maximum atomic E-state index is 13.2. The molecule has 0 heterocycles. The molecule has 0 aliphatic heterocycles. The topological polar surface area (TPSA) is 87.3 Å². The Labute approximate surface area is 161 Å². The van der Waals surface area contributed by atoms with Crippen LogP contribution >= 0.6 is 11.6 Å². The van der Waals surface area contributed by atoms with Crippen molar-refractivity contribution < 1.29 is 18.8 Å². The minimum Gasteiger partial charge on any atom is -0.326 e. The summed E-state index contributed by atoms with van der Waals surface area (Å²) < 4.78 is 13.2. The number of hydrogen-bond donors (Lipinski definition) is 3. The van der Waals surface area contributed by atoms with Crippen LogP contribution in [0.15, 0.2) is 42.5 Å². The number of anilines is 3. The molecule has 3 amide bonds. The molecule has 6 nitrogen and oxygen atoms in total. The molecule has 0 aromatic heterocycles. The van der Waals surface area contributed by atoms with E-state index < -0.39 is 23.0 Å². The number of amides is 3. The molecule has 8 heteroatoms. The Morgan fingerprint density at radius 1 is 0.889 bits per heavy atom. The number of hydrogen-bond acceptors (Lipinski definition) is 3. The first-order valence-electron chi connectivity index (χ1n) is 8.05. The molecule has 0 saturated heterocycles. The minimum absolute atomic E-state index is 0.134. The van der Waals surface area contributed by atoms with Crippen LogP contribution in [0.5, 0.6) is 0 Å². The number of halogens is 2. The summed E-state index contributed by atoms with van der Waals surface area (Å²) in [6.07, 6.45) is 0. The highest BCUT2D eigenvalue weighted by Crippen LogP contribution is 2.25. The van der Waals surface area contributed by atoms with E-state index in [0.717, 1.165) is 6.07 Å². The molecular formula is C19H19ClFN3O3. The molecule has 0 radical (unpaired) electrons. The summed E-state index contributed by atoms with van der Waals surface area (Å²) >= 11 is 5.70. The number of carbonyl (C=O) groups excluding carboxylic acids is 3. The zero-order valence-electron chi connectivity index (χ0n) is 15.0. The highest BCUT2D eigenvalue weighted by atomic mass is 35.5. The largest absolute Gasteiger partial charge is 0.326 e. The van der Waals surface area contributed by atoms with E-state index in [1.807, 2.05) is 0 Å². The SMILES string of the molecule is CC(=O)Nc1cccc(NC(=O)C(C)(C)C(=O)Nc2ccc(F)c(Cl)c2)c1. The summed E-state index contributed by atoms with van der Waals surface area (Å²) in [4.78, 5) is 36.2. The zero-order valence-corrected chi connectivity index (χ0v) is 15.8. The highest BCUT2D eigenvalue weighted by molar-refractivity contribution is 6.31. The van der Waals surface area contributed by atoms with Crippen LogP contribution in [-0.4, -0.2) is 17.7 Å². The van der Waals surface area contributed by atoms with Gasteiger partial charge in [0.1, 0.15) is 11.2 Å². The summed E-state index contributed by atoms with van der Waals surface area (Å²) in [5.74, 6) is -1.98. The van der Waals surface area contributed by atoms with Crippen molar-refractivity contribution in [2.24, 2.45) is 5.41 Å². The molecule has 3 N–H and O–H groups in total. The normalized spacial score (nSPS) is 10.9. The van der Waals surface area contributed by atoms with Crippen molar-refractivity contribution in [3.8, 4) is 0 Å². The Balaban J connectivity index is 2.10. The van der Waals surface area contributed by atoms with Crippen LogP contribution in [0.2, 0.25) is 5.02 Å². The van der Waals surface area contributed by atoms with Gasteiger partial charge in [0.15, 0.2) is 0 Å². The molecule has 142 valence electrons. The van der Waals surface area contributed by atoms with Gasteiger partial charge in [0.25, 0.3) is 0 Å². The first-order valence-corrected chi connectivity index (χ1v) is 8.43. The maximum absolute atomic E-state index is 13.2. The fraction of sp³-hybridized carbons (Fsp3) is 0.211. The predicted molar refractivity (Wildman–Crippen MR) is 103 cm³/mol. The quantitative estimate of drug-likeness (QED) is 0.672. The first kappa shape index (κ1) is 20.4. The van der Waals surface area contributed by atoms with Crippen molar-refractivity contribution in [2.75, 3.05) is 16.0 Å². The zero-order chi connectivity index (χ0) is 20.2. The van der Waals surface area contributed by atoms with E-state index >= 15 is 0 Å². The molecule has 0 bridgehead atoms. The summed E-state index contributed by atoms with van der Waals surface area (Å²) in [6, 6.07) is 10.3. The fourth-order valence-electron chi connectivity index (χ4n) is 2.13. The Morgan fingerprint density at radius 2 is 1.41 bits per heavy atom. The van der Waals surface area contributed by atoms with Gasteiger partial charge in [-0.2, -0.15) is 0 Å². The first-order chi connectivity index (χ1) is 12.6. The van der Waals surface area contributed by atoms with E-state index in [1.165, 1.54) is 32.9 Å². The average molecular weight is 392 g/mol. The van der Waals surface area contributed by atoms with Crippen LogP contribution in [0.4, 0.5) is 21.5 Å². The molecule has 0 unspecified atom stereocenters. The number of nitrogens with one attached hydrogen (secondary N) is 3. The highest BCUT2D eigenvalue weighted by Gasteiger charge is 2.36. The lowest BCUT2D eigenvalue weighted by molar-refractivity contribution is -0.135. The van der Waals surface area contributed by atoms with Crippen molar-refractivity contribution in [3.63, 3.8) is 0 Å². The second-order valence-electron chi connectivity index (χ2n) is 6.42. The Bertz CT molecular complexity index is 900. The Kier molecular flexibility index (Phi) is 6.17. The molecule has 0 saturated carbocycles. The van der Waals surface area contributed by atoms with Gasteiger partial charge in [0, 0.05) is 24.0 Å². The minimum atomic E-state index is -1.43. The van der Waals surface area contributed by atoms with Crippen LogP contribution in [0.25, 0.3) is 0 Å². The van der Waals surface area contributed by atoms with E-state index in [0.29, 0.717) is 11.4 Å². The van der Waals surface area contributed by atoms with Crippen molar-refractivity contribution in [2.45, 2.75) is 20.8 Å². The predicted octanol–water partition coefficient (Wildman–Crippen LogP) is 4.04. The third-order valence-electron chi connectivity index (χ3n) is 3.75. The third kappa shape index (κ3) is 5.27. The fourth-order valence-corrected chi connectivity index (χ4v) is 2.31. The summed E-state index contributed by atoms with van der Waals surface area (Å²) in [5.41, 5.74) is -0.203. The van der Waals surface area contributed by atoms with Crippen LogP contribution in [0.3, 0.4) is 0 Å². The van der Waals surface area contributed by atoms with E-state index in [1.54, 1.807) is 24.3 Å². The maximum Gasteiger partial charge on any atom is 0.239 e. The van der Waals surface area contributed by atoms with Crippen molar-refractivity contribution in [1.82, 2.24) is 0 Å². The molecular weight excluding hydrogens is 373 g/mol. The molecule has 0 aliphatic carbocycles. The number of carbonyl (C=O) groups is 3. The van der Waals surface area contributed by atoms with Gasteiger partial charge in [-0.15, -0.1) is 0 Å². The lowest BCUT2D eigenvalue weighted by atomic mass is 9.90. The van der Waals surface area contributed by atoms with E-state index in [9.17, 15) is 18.8 Å².